The first kappa shape index (κ1) is 95.8. The van der Waals surface area contributed by atoms with Gasteiger partial charge in [-0.2, -0.15) is 18.3 Å². The highest BCUT2D eigenvalue weighted by Gasteiger charge is 2.41. The number of carbonyl (C=O) groups is 4. The molecule has 9 aromatic carbocycles. The standard InChI is InChI=1S/C30H30N6O2.C30H29N5O.C28H27N7O2.C21H20F3N7O3/c37-30(23-8-4-5-9-25(23)32-17-21-6-2-1-3-7-21)35-28-19-31-18-24(28)29-33-26-11-10-22(16-27(26)34-29)20-36-12-14-38-15-13-36;36-30(24-12-6-5-11-23(24)22-9-3-1-4-10-22)34-28-19-31-18-25(28)29-32-26-14-13-21(17-27(26)33-29)20-35-15-7-2-8-16-35;36-28(26-23(7-4-10-30-26)31-20-5-2-1-3-6-20)34-25-17-29-16-21(25)27-32-22-9-8-19(15-24(22)33-27)18-35-11-13-37-14-12-35;1-11-26-18(21(22,23)24)17(34-11)20(32)29-15-9-25-30-16(15)19-27-13-3-2-12(8-14(13)28-19)10-31-4-6-33-7-5-31/h1-11,16,18-19,31-32H,12-15,17,20H2,(H,33,34)(H,35,37);1,3-6,9-14,17-19,31H,2,7-8,15-16,20H2,(H,32,33)(H,34,36);1-10,15-17,29,31H,11-14,18H2,(H,32,33)(H,34,36);2-3,8-9H,4-7,10H2,1H3,(H,25,30)(H,27,28)(H,29,32). The summed E-state index contributed by atoms with van der Waals surface area (Å²) in [5.74, 6) is -0.465. The zero-order chi connectivity index (χ0) is 99.0. The van der Waals surface area contributed by atoms with E-state index >= 15 is 0 Å². The number of hydrogen-bond acceptors (Lipinski definition) is 21. The fourth-order valence-corrected chi connectivity index (χ4v) is 18.2. The number of pyridine rings is 1. The molecule has 4 aliphatic rings. The number of fused-ring (bicyclic) bond motifs is 4. The van der Waals surface area contributed by atoms with Crippen molar-refractivity contribution in [2.45, 2.75) is 65.1 Å². The van der Waals surface area contributed by atoms with E-state index in [9.17, 15) is 32.3 Å². The summed E-state index contributed by atoms with van der Waals surface area (Å²) in [7, 11) is 0. The molecule has 36 heteroatoms. The second-order valence-corrected chi connectivity index (χ2v) is 35.7. The molecule has 4 amide bonds. The van der Waals surface area contributed by atoms with Crippen molar-refractivity contribution in [1.29, 1.82) is 0 Å². The molecule has 0 saturated carbocycles. The summed E-state index contributed by atoms with van der Waals surface area (Å²) < 4.78 is 60.8. The number of nitrogens with zero attached hydrogens (tertiary/aromatic N) is 11. The summed E-state index contributed by atoms with van der Waals surface area (Å²) in [6.45, 7) is 17.8. The third-order valence-electron chi connectivity index (χ3n) is 25.5. The number of aromatic nitrogens is 15. The van der Waals surface area contributed by atoms with Crippen molar-refractivity contribution in [2.75, 3.05) is 124 Å². The summed E-state index contributed by atoms with van der Waals surface area (Å²) in [4.78, 5) is 111. The molecule has 23 rings (SSSR count). The number of ether oxygens (including phenoxy) is 3. The highest BCUT2D eigenvalue weighted by molar-refractivity contribution is 6.12. The minimum absolute atomic E-state index is 0.139. The van der Waals surface area contributed by atoms with Crippen LogP contribution < -0.4 is 31.9 Å². The molecule has 0 spiro atoms. The molecule has 4 aliphatic heterocycles. The number of aromatic amines is 8. The number of aryl methyl sites for hydroxylation is 1. The number of oxazole rings is 1. The van der Waals surface area contributed by atoms with Crippen LogP contribution in [0.1, 0.15) is 100 Å². The Kier molecular flexibility index (Phi) is 29.5. The number of imidazole rings is 4. The molecule has 0 aliphatic carbocycles. The molecule has 19 aromatic rings. The van der Waals surface area contributed by atoms with Gasteiger partial charge in [0, 0.05) is 139 Å². The van der Waals surface area contributed by atoms with Gasteiger partial charge in [-0.3, -0.25) is 43.9 Å². The Morgan fingerprint density at radius 2 is 0.807 bits per heavy atom. The first-order chi connectivity index (χ1) is 71.0. The lowest BCUT2D eigenvalue weighted by molar-refractivity contribution is -0.141. The summed E-state index contributed by atoms with van der Waals surface area (Å²) in [6.07, 6.45) is 12.8. The number of alkyl halides is 3. The lowest BCUT2D eigenvalue weighted by atomic mass is 9.99. The van der Waals surface area contributed by atoms with E-state index < -0.39 is 23.5 Å². The molecule has 0 bridgehead atoms. The summed E-state index contributed by atoms with van der Waals surface area (Å²) in [6, 6.07) is 73.5. The molecule has 10 aromatic heterocycles. The van der Waals surface area contributed by atoms with Gasteiger partial charge in [-0.05, 0) is 156 Å². The van der Waals surface area contributed by atoms with Gasteiger partial charge in [0.05, 0.1) is 141 Å². The van der Waals surface area contributed by atoms with Gasteiger partial charge in [-0.25, -0.2) is 29.9 Å². The lowest BCUT2D eigenvalue weighted by Gasteiger charge is -2.26. The molecule has 14 N–H and O–H groups in total. The Bertz CT molecular complexity index is 7690. The van der Waals surface area contributed by atoms with Crippen molar-refractivity contribution in [1.82, 2.24) is 94.6 Å². The van der Waals surface area contributed by atoms with E-state index in [0.29, 0.717) is 88.0 Å². The molecule has 145 heavy (non-hydrogen) atoms. The highest BCUT2D eigenvalue weighted by Crippen LogP contribution is 2.38. The smallest absolute Gasteiger partial charge is 0.435 e. The number of rotatable bonds is 26. The minimum Gasteiger partial charge on any atom is -0.435 e. The second kappa shape index (κ2) is 44.6. The first-order valence-electron chi connectivity index (χ1n) is 48.2. The number of para-hydroxylation sites is 2. The predicted molar refractivity (Wildman–Crippen MR) is 553 cm³/mol. The first-order valence-corrected chi connectivity index (χ1v) is 48.2. The minimum atomic E-state index is -4.83. The largest absolute Gasteiger partial charge is 0.437 e. The van der Waals surface area contributed by atoms with Crippen LogP contribution in [0.3, 0.4) is 0 Å². The molecule has 0 atom stereocenters. The molecular formula is C109H106F3N25O8. The van der Waals surface area contributed by atoms with Crippen LogP contribution in [0.5, 0.6) is 0 Å². The Balaban J connectivity index is 0.000000118. The van der Waals surface area contributed by atoms with Gasteiger partial charge < -0.3 is 85.4 Å². The number of halogens is 3. The van der Waals surface area contributed by atoms with Gasteiger partial charge in [0.25, 0.3) is 23.6 Å². The summed E-state index contributed by atoms with van der Waals surface area (Å²) >= 11 is 0. The van der Waals surface area contributed by atoms with Gasteiger partial charge in [-0.1, -0.05) is 140 Å². The maximum absolute atomic E-state index is 13.3. The van der Waals surface area contributed by atoms with Gasteiger partial charge in [0.1, 0.15) is 23.2 Å². The zero-order valence-electron chi connectivity index (χ0n) is 79.4. The van der Waals surface area contributed by atoms with Crippen molar-refractivity contribution in [3.8, 4) is 56.8 Å². The van der Waals surface area contributed by atoms with Crippen LogP contribution in [0.15, 0.2) is 278 Å². The molecule has 14 heterocycles. The van der Waals surface area contributed by atoms with Crippen LogP contribution in [0.2, 0.25) is 0 Å². The van der Waals surface area contributed by atoms with Crippen LogP contribution in [-0.4, -0.2) is 210 Å². The maximum Gasteiger partial charge on any atom is 0.437 e. The Labute approximate surface area is 830 Å². The molecular weight excluding hydrogens is 1840 g/mol. The van der Waals surface area contributed by atoms with Gasteiger partial charge in [0.2, 0.25) is 5.76 Å². The number of anilines is 7. The van der Waals surface area contributed by atoms with E-state index in [2.05, 4.69) is 166 Å². The van der Waals surface area contributed by atoms with Crippen molar-refractivity contribution < 1.29 is 51.0 Å². The van der Waals surface area contributed by atoms with Gasteiger partial charge >= 0.3 is 6.18 Å². The maximum atomic E-state index is 13.3. The summed E-state index contributed by atoms with van der Waals surface area (Å²) in [5.41, 5.74) is 22.2. The fraction of sp³-hybridized carbons (Fsp3) is 0.220. The number of benzene rings is 9. The number of likely N-dealkylation sites (tertiary alicyclic amines) is 1. The average Bonchev–Trinajstić information content (AvgIpc) is 1.66. The normalized spacial score (nSPS) is 14.3. The molecule has 0 unspecified atom stereocenters. The van der Waals surface area contributed by atoms with E-state index in [4.69, 9.17) is 33.6 Å². The fourth-order valence-electron chi connectivity index (χ4n) is 18.2. The molecule has 0 radical (unpaired) electrons. The highest BCUT2D eigenvalue weighted by atomic mass is 19.4. The van der Waals surface area contributed by atoms with Crippen molar-refractivity contribution >= 4 is 108 Å². The SMILES string of the molecule is Cc1nc(C(F)(F)F)c(C(=O)Nc2cn[nH]c2-c2nc3ccc(CN4CCOCC4)cc3[nH]2)o1.O=C(Nc1c[nH]cc1-c1nc2ccc(CN3CCCCC3)cc2[nH]1)c1ccccc1-c1ccccc1.O=C(Nc1c[nH]cc1-c1nc2ccc(CN3CCOCC3)cc2[nH]1)c1ccccc1NCc1ccccc1.O=C(Nc1c[nH]cc1-c1nc2ccc(CN3CCOCC3)cc2[nH]1)c1ncccc1Nc1ccccc1. The van der Waals surface area contributed by atoms with Crippen LogP contribution in [0.25, 0.3) is 101 Å². The number of morpholine rings is 3. The van der Waals surface area contributed by atoms with E-state index in [0.717, 1.165) is 187 Å². The number of hydrogen-bond donors (Lipinski definition) is 14. The van der Waals surface area contributed by atoms with Crippen molar-refractivity contribution in [3.63, 3.8) is 0 Å². The Morgan fingerprint density at radius 3 is 1.31 bits per heavy atom. The Hall–Kier alpha value is -16.7. The zero-order valence-corrected chi connectivity index (χ0v) is 79.4. The van der Waals surface area contributed by atoms with Crippen LogP contribution in [0, 0.1) is 6.92 Å². The van der Waals surface area contributed by atoms with Gasteiger partial charge in [-0.15, -0.1) is 0 Å². The lowest BCUT2D eigenvalue weighted by Crippen LogP contribution is -2.35. The average molecular weight is 1950 g/mol. The van der Waals surface area contributed by atoms with Crippen LogP contribution in [-0.2, 0) is 53.1 Å². The topological polar surface area (TPSA) is 411 Å². The van der Waals surface area contributed by atoms with Gasteiger partial charge in [0.15, 0.2) is 23.1 Å². The van der Waals surface area contributed by atoms with E-state index in [1.54, 1.807) is 30.9 Å². The third kappa shape index (κ3) is 23.5. The van der Waals surface area contributed by atoms with Crippen LogP contribution in [0.4, 0.5) is 53.0 Å². The number of piperidine rings is 1. The number of carbonyl (C=O) groups excluding carboxylic acids is 4. The molecule has 4 fully saturated rings. The molecule has 736 valence electrons. The third-order valence-corrected chi connectivity index (χ3v) is 25.5. The number of H-pyrrole nitrogens is 8. The van der Waals surface area contributed by atoms with Crippen molar-refractivity contribution in [3.05, 3.63) is 336 Å². The Morgan fingerprint density at radius 1 is 0.386 bits per heavy atom. The quantitative estimate of drug-likeness (QED) is 0.0239. The number of amides is 4. The monoisotopic (exact) mass is 1950 g/mol. The summed E-state index contributed by atoms with van der Waals surface area (Å²) in [5, 5.41) is 24.8. The second-order valence-electron chi connectivity index (χ2n) is 35.7. The van der Waals surface area contributed by atoms with E-state index in [1.807, 2.05) is 182 Å². The van der Waals surface area contributed by atoms with E-state index in [-0.39, 0.29) is 29.3 Å². The van der Waals surface area contributed by atoms with Crippen molar-refractivity contribution in [2.24, 2.45) is 0 Å². The van der Waals surface area contributed by atoms with E-state index in [1.165, 1.54) is 62.2 Å². The van der Waals surface area contributed by atoms with Crippen LogP contribution >= 0.6 is 0 Å². The predicted octanol–water partition coefficient (Wildman–Crippen LogP) is 19.9. The number of nitrogens with one attached hydrogen (secondary N) is 14. The molecule has 4 saturated heterocycles. The molecule has 33 nitrogen and oxygen atoms in total.